The Hall–Kier alpha value is -1.62. The number of rotatable bonds is 5. The number of tetrazole rings is 1. The van der Waals surface area contributed by atoms with Crippen LogP contribution in [0.1, 0.15) is 18.1 Å². The third-order valence-electron chi connectivity index (χ3n) is 2.32. The monoisotopic (exact) mass is 246 g/mol. The zero-order chi connectivity index (χ0) is 12.1. The summed E-state index contributed by atoms with van der Waals surface area (Å²) in [7, 11) is 0. The number of hydrogen-bond acceptors (Lipinski definition) is 4. The van der Waals surface area contributed by atoms with Gasteiger partial charge in [0.05, 0.1) is 6.54 Å². The molecule has 0 fully saturated rings. The Kier molecular flexibility index (Phi) is 3.93. The van der Waals surface area contributed by atoms with Gasteiger partial charge in [-0.1, -0.05) is 55.6 Å². The van der Waals surface area contributed by atoms with E-state index in [0.717, 1.165) is 16.5 Å². The summed E-state index contributed by atoms with van der Waals surface area (Å²) >= 11 is 1.65. The average Bonchev–Trinajstić information content (AvgIpc) is 2.78. The van der Waals surface area contributed by atoms with E-state index in [1.54, 1.807) is 11.8 Å². The highest BCUT2D eigenvalue weighted by molar-refractivity contribution is 7.99. The van der Waals surface area contributed by atoms with Gasteiger partial charge in [-0.15, -0.1) is 5.10 Å². The molecule has 2 rings (SSSR count). The van der Waals surface area contributed by atoms with Gasteiger partial charge in [-0.2, -0.15) is 0 Å². The summed E-state index contributed by atoms with van der Waals surface area (Å²) < 4.78 is 1.82. The molecule has 17 heavy (non-hydrogen) atoms. The van der Waals surface area contributed by atoms with Crippen LogP contribution in [-0.2, 0) is 6.54 Å². The summed E-state index contributed by atoms with van der Waals surface area (Å²) in [6.07, 6.45) is 1.83. The van der Waals surface area contributed by atoms with E-state index in [2.05, 4.69) is 41.2 Å². The SMILES string of the molecule is C=Cc1ccc(Cn2nnnc2SCC)cc1. The first-order valence-electron chi connectivity index (χ1n) is 5.44. The summed E-state index contributed by atoms with van der Waals surface area (Å²) in [5, 5.41) is 12.5. The maximum atomic E-state index is 3.99. The molecule has 5 heteroatoms. The number of nitrogens with zero attached hydrogens (tertiary/aromatic N) is 4. The molecule has 0 aliphatic heterocycles. The molecule has 0 bridgehead atoms. The molecular weight excluding hydrogens is 232 g/mol. The summed E-state index contributed by atoms with van der Waals surface area (Å²) in [4.78, 5) is 0. The maximum absolute atomic E-state index is 3.99. The van der Waals surface area contributed by atoms with Crippen molar-refractivity contribution in [1.29, 1.82) is 0 Å². The minimum Gasteiger partial charge on any atom is -0.216 e. The van der Waals surface area contributed by atoms with Gasteiger partial charge in [0, 0.05) is 0 Å². The number of benzene rings is 1. The van der Waals surface area contributed by atoms with E-state index in [-0.39, 0.29) is 0 Å². The minimum atomic E-state index is 0.701. The predicted molar refractivity (Wildman–Crippen MR) is 69.9 cm³/mol. The van der Waals surface area contributed by atoms with E-state index in [1.807, 2.05) is 22.9 Å². The second-order valence-electron chi connectivity index (χ2n) is 3.50. The Morgan fingerprint density at radius 3 is 2.76 bits per heavy atom. The Bertz CT molecular complexity index is 489. The van der Waals surface area contributed by atoms with E-state index < -0.39 is 0 Å². The lowest BCUT2D eigenvalue weighted by molar-refractivity contribution is 0.603. The molecule has 0 N–H and O–H groups in total. The van der Waals surface area contributed by atoms with E-state index in [1.165, 1.54) is 5.56 Å². The van der Waals surface area contributed by atoms with Crippen molar-refractivity contribution >= 4 is 17.8 Å². The van der Waals surface area contributed by atoms with Crippen molar-refractivity contribution in [3.63, 3.8) is 0 Å². The summed E-state index contributed by atoms with van der Waals surface area (Å²) in [5.41, 5.74) is 2.30. The van der Waals surface area contributed by atoms with Gasteiger partial charge in [0.25, 0.3) is 0 Å². The van der Waals surface area contributed by atoms with Gasteiger partial charge in [0.2, 0.25) is 5.16 Å². The molecule has 2 aromatic rings. The Labute approximate surface area is 105 Å². The van der Waals surface area contributed by atoms with Crippen molar-refractivity contribution in [2.24, 2.45) is 0 Å². The van der Waals surface area contributed by atoms with Crippen molar-refractivity contribution in [3.05, 3.63) is 42.0 Å². The minimum absolute atomic E-state index is 0.701. The smallest absolute Gasteiger partial charge is 0.209 e. The fraction of sp³-hybridized carbons (Fsp3) is 0.250. The zero-order valence-electron chi connectivity index (χ0n) is 9.71. The molecule has 0 radical (unpaired) electrons. The van der Waals surface area contributed by atoms with E-state index in [0.29, 0.717) is 6.54 Å². The van der Waals surface area contributed by atoms with Gasteiger partial charge >= 0.3 is 0 Å². The topological polar surface area (TPSA) is 43.6 Å². The lowest BCUT2D eigenvalue weighted by Gasteiger charge is -2.04. The van der Waals surface area contributed by atoms with Gasteiger partial charge in [-0.25, -0.2) is 4.68 Å². The molecule has 4 nitrogen and oxygen atoms in total. The Morgan fingerprint density at radius 1 is 1.35 bits per heavy atom. The van der Waals surface area contributed by atoms with Crippen LogP contribution in [-0.4, -0.2) is 26.0 Å². The molecule has 0 spiro atoms. The fourth-order valence-electron chi connectivity index (χ4n) is 1.46. The van der Waals surface area contributed by atoms with Crippen molar-refractivity contribution < 1.29 is 0 Å². The van der Waals surface area contributed by atoms with Crippen molar-refractivity contribution in [3.8, 4) is 0 Å². The van der Waals surface area contributed by atoms with Crippen LogP contribution >= 0.6 is 11.8 Å². The molecule has 1 aromatic heterocycles. The molecule has 0 aliphatic carbocycles. The van der Waals surface area contributed by atoms with Crippen LogP contribution in [0.5, 0.6) is 0 Å². The number of aromatic nitrogens is 4. The van der Waals surface area contributed by atoms with Crippen LogP contribution < -0.4 is 0 Å². The predicted octanol–water partition coefficient (Wildman–Crippen LogP) is 2.48. The highest BCUT2D eigenvalue weighted by atomic mass is 32.2. The van der Waals surface area contributed by atoms with Gasteiger partial charge in [0.15, 0.2) is 0 Å². The molecule has 0 saturated carbocycles. The molecule has 1 heterocycles. The molecule has 1 aromatic carbocycles. The van der Waals surface area contributed by atoms with Crippen molar-refractivity contribution in [2.75, 3.05) is 5.75 Å². The molecule has 0 aliphatic rings. The summed E-state index contributed by atoms with van der Waals surface area (Å²) in [6, 6.07) is 8.22. The summed E-state index contributed by atoms with van der Waals surface area (Å²) in [6.45, 7) is 6.52. The van der Waals surface area contributed by atoms with E-state index in [9.17, 15) is 0 Å². The van der Waals surface area contributed by atoms with Gasteiger partial charge < -0.3 is 0 Å². The first-order chi connectivity index (χ1) is 8.33. The Balaban J connectivity index is 2.13. The first-order valence-corrected chi connectivity index (χ1v) is 6.42. The van der Waals surface area contributed by atoms with E-state index in [4.69, 9.17) is 0 Å². The molecule has 88 valence electrons. The maximum Gasteiger partial charge on any atom is 0.209 e. The van der Waals surface area contributed by atoms with Crippen LogP contribution in [0.15, 0.2) is 36.0 Å². The van der Waals surface area contributed by atoms with Crippen molar-refractivity contribution in [1.82, 2.24) is 20.2 Å². The number of thioether (sulfide) groups is 1. The first kappa shape index (κ1) is 11.9. The fourth-order valence-corrected chi connectivity index (χ4v) is 2.06. The molecule has 0 unspecified atom stereocenters. The third kappa shape index (κ3) is 2.94. The zero-order valence-corrected chi connectivity index (χ0v) is 10.5. The summed E-state index contributed by atoms with van der Waals surface area (Å²) in [5.74, 6) is 0.968. The normalized spacial score (nSPS) is 10.4. The highest BCUT2D eigenvalue weighted by Crippen LogP contribution is 2.14. The molecule has 0 atom stereocenters. The highest BCUT2D eigenvalue weighted by Gasteiger charge is 2.05. The van der Waals surface area contributed by atoms with Crippen LogP contribution in [0, 0.1) is 0 Å². The van der Waals surface area contributed by atoms with Gasteiger partial charge in [0.1, 0.15) is 0 Å². The third-order valence-corrected chi connectivity index (χ3v) is 3.16. The van der Waals surface area contributed by atoms with Crippen LogP contribution in [0.4, 0.5) is 0 Å². The number of hydrogen-bond donors (Lipinski definition) is 0. The van der Waals surface area contributed by atoms with Gasteiger partial charge in [-0.3, -0.25) is 0 Å². The lowest BCUT2D eigenvalue weighted by atomic mass is 10.1. The quantitative estimate of drug-likeness (QED) is 0.760. The van der Waals surface area contributed by atoms with E-state index >= 15 is 0 Å². The molecule has 0 amide bonds. The average molecular weight is 246 g/mol. The molecular formula is C12H14N4S. The van der Waals surface area contributed by atoms with Crippen LogP contribution in [0.3, 0.4) is 0 Å². The van der Waals surface area contributed by atoms with Crippen molar-refractivity contribution in [2.45, 2.75) is 18.6 Å². The second kappa shape index (κ2) is 5.63. The van der Waals surface area contributed by atoms with Gasteiger partial charge in [-0.05, 0) is 27.3 Å². The standard InChI is InChI=1S/C12H14N4S/c1-3-10-5-7-11(8-6-10)9-16-12(17-4-2)13-14-15-16/h3,5-8H,1,4,9H2,2H3. The molecule has 0 saturated heterocycles. The largest absolute Gasteiger partial charge is 0.216 e. The Morgan fingerprint density at radius 2 is 2.12 bits per heavy atom. The van der Waals surface area contributed by atoms with Crippen LogP contribution in [0.2, 0.25) is 0 Å². The van der Waals surface area contributed by atoms with Crippen LogP contribution in [0.25, 0.3) is 6.08 Å². The lowest BCUT2D eigenvalue weighted by Crippen LogP contribution is -2.03. The second-order valence-corrected chi connectivity index (χ2v) is 4.73.